The quantitative estimate of drug-likeness (QED) is 0.760. The summed E-state index contributed by atoms with van der Waals surface area (Å²) in [4.78, 5) is 13.0. The Morgan fingerprint density at radius 3 is 2.81 bits per heavy atom. The lowest BCUT2D eigenvalue weighted by molar-refractivity contribution is 0.923. The molecule has 1 aromatic carbocycles. The third-order valence-electron chi connectivity index (χ3n) is 2.53. The number of thioether (sulfide) groups is 1. The summed E-state index contributed by atoms with van der Waals surface area (Å²) in [5.41, 5.74) is 1.15. The normalized spacial score (nSPS) is 10.9. The zero-order chi connectivity index (χ0) is 11.5. The van der Waals surface area contributed by atoms with Crippen molar-refractivity contribution >= 4 is 22.7 Å². The van der Waals surface area contributed by atoms with Crippen LogP contribution in [0.3, 0.4) is 0 Å². The third kappa shape index (κ3) is 2.00. The van der Waals surface area contributed by atoms with Crippen LogP contribution >= 0.6 is 11.8 Å². The van der Waals surface area contributed by atoms with Crippen molar-refractivity contribution in [2.75, 3.05) is 5.75 Å². The predicted molar refractivity (Wildman–Crippen MR) is 70.2 cm³/mol. The Hall–Kier alpha value is -1.22. The molecule has 2 rings (SSSR count). The summed E-state index contributed by atoms with van der Waals surface area (Å²) in [6.45, 7) is 2.12. The van der Waals surface area contributed by atoms with Crippen LogP contribution in [0.25, 0.3) is 10.9 Å². The summed E-state index contributed by atoms with van der Waals surface area (Å²) in [5, 5.41) is 0.811. The first-order chi connectivity index (χ1) is 7.74. The van der Waals surface area contributed by atoms with Crippen LogP contribution < -0.4 is 5.43 Å². The van der Waals surface area contributed by atoms with Crippen molar-refractivity contribution in [2.24, 2.45) is 7.05 Å². The molecule has 0 aliphatic heterocycles. The lowest BCUT2D eigenvalue weighted by Gasteiger charge is -2.07. The maximum absolute atomic E-state index is 12.2. The maximum atomic E-state index is 12.2. The van der Waals surface area contributed by atoms with E-state index in [1.54, 1.807) is 11.8 Å². The number of fused-ring (bicyclic) bond motifs is 1. The molecule has 0 atom stereocenters. The topological polar surface area (TPSA) is 22.0 Å². The summed E-state index contributed by atoms with van der Waals surface area (Å²) in [5.74, 6) is 0.994. The van der Waals surface area contributed by atoms with Gasteiger partial charge in [-0.1, -0.05) is 19.1 Å². The molecule has 0 spiro atoms. The summed E-state index contributed by atoms with van der Waals surface area (Å²) in [6, 6.07) is 7.75. The van der Waals surface area contributed by atoms with Crippen LogP contribution in [0, 0.1) is 0 Å². The standard InChI is InChI=1S/C13H15NOS/c1-3-8-16-12-9-14(2)11-7-5-4-6-10(11)13(12)15/h4-7,9H,3,8H2,1-2H3. The van der Waals surface area contributed by atoms with E-state index in [4.69, 9.17) is 0 Å². The molecule has 0 aliphatic rings. The molecular weight excluding hydrogens is 218 g/mol. The van der Waals surface area contributed by atoms with Crippen molar-refractivity contribution in [1.82, 2.24) is 4.57 Å². The minimum Gasteiger partial charge on any atom is -0.349 e. The largest absolute Gasteiger partial charge is 0.349 e. The molecular formula is C13H15NOS. The van der Waals surface area contributed by atoms with E-state index in [0.29, 0.717) is 0 Å². The van der Waals surface area contributed by atoms with Gasteiger partial charge in [-0.2, -0.15) is 0 Å². The molecule has 3 heteroatoms. The summed E-state index contributed by atoms with van der Waals surface area (Å²) in [7, 11) is 1.98. The van der Waals surface area contributed by atoms with Crippen molar-refractivity contribution < 1.29 is 0 Å². The highest BCUT2D eigenvalue weighted by Gasteiger charge is 2.06. The van der Waals surface area contributed by atoms with Gasteiger partial charge in [0.05, 0.1) is 10.4 Å². The molecule has 16 heavy (non-hydrogen) atoms. The Labute approximate surface area is 99.3 Å². The number of aryl methyl sites for hydroxylation is 1. The second-order valence-corrected chi connectivity index (χ2v) is 4.94. The van der Waals surface area contributed by atoms with Crippen molar-refractivity contribution in [3.8, 4) is 0 Å². The van der Waals surface area contributed by atoms with Crippen molar-refractivity contribution in [2.45, 2.75) is 18.2 Å². The average molecular weight is 233 g/mol. The number of rotatable bonds is 3. The molecule has 1 heterocycles. The maximum Gasteiger partial charge on any atom is 0.202 e. The number of nitrogens with zero attached hydrogens (tertiary/aromatic N) is 1. The fourth-order valence-electron chi connectivity index (χ4n) is 1.72. The number of hydrogen-bond donors (Lipinski definition) is 0. The Kier molecular flexibility index (Phi) is 3.34. The van der Waals surface area contributed by atoms with Crippen LogP contribution in [0.15, 0.2) is 40.2 Å². The monoisotopic (exact) mass is 233 g/mol. The first-order valence-corrected chi connectivity index (χ1v) is 6.43. The van der Waals surface area contributed by atoms with E-state index in [0.717, 1.165) is 28.0 Å². The molecule has 1 aromatic heterocycles. The average Bonchev–Trinajstić information content (AvgIpc) is 2.32. The molecule has 2 aromatic rings. The minimum atomic E-state index is 0.159. The van der Waals surface area contributed by atoms with E-state index in [2.05, 4.69) is 6.92 Å². The lowest BCUT2D eigenvalue weighted by Crippen LogP contribution is -2.09. The summed E-state index contributed by atoms with van der Waals surface area (Å²) in [6.07, 6.45) is 3.02. The van der Waals surface area contributed by atoms with Crippen LogP contribution in [0.2, 0.25) is 0 Å². The SMILES string of the molecule is CCCSc1cn(C)c2ccccc2c1=O. The van der Waals surface area contributed by atoms with Gasteiger partial charge in [-0.3, -0.25) is 4.79 Å². The zero-order valence-electron chi connectivity index (χ0n) is 9.56. The van der Waals surface area contributed by atoms with Gasteiger partial charge in [-0.05, 0) is 24.3 Å². The fourth-order valence-corrected chi connectivity index (χ4v) is 2.62. The zero-order valence-corrected chi connectivity index (χ0v) is 10.4. The second kappa shape index (κ2) is 4.74. The molecule has 0 radical (unpaired) electrons. The van der Waals surface area contributed by atoms with Gasteiger partial charge in [0.25, 0.3) is 0 Å². The highest BCUT2D eigenvalue weighted by Crippen LogP contribution is 2.18. The van der Waals surface area contributed by atoms with Gasteiger partial charge in [-0.15, -0.1) is 11.8 Å². The second-order valence-electron chi connectivity index (χ2n) is 3.80. The van der Waals surface area contributed by atoms with E-state index < -0.39 is 0 Å². The number of benzene rings is 1. The van der Waals surface area contributed by atoms with Crippen LogP contribution in [-0.4, -0.2) is 10.3 Å². The van der Waals surface area contributed by atoms with E-state index in [-0.39, 0.29) is 5.43 Å². The smallest absolute Gasteiger partial charge is 0.202 e. The number of hydrogen-bond acceptors (Lipinski definition) is 2. The first kappa shape index (κ1) is 11.3. The summed E-state index contributed by atoms with van der Waals surface area (Å²) >= 11 is 1.64. The minimum absolute atomic E-state index is 0.159. The molecule has 0 N–H and O–H groups in total. The van der Waals surface area contributed by atoms with Crippen molar-refractivity contribution in [1.29, 1.82) is 0 Å². The van der Waals surface area contributed by atoms with Crippen LogP contribution in [0.4, 0.5) is 0 Å². The van der Waals surface area contributed by atoms with E-state index in [1.807, 2.05) is 42.1 Å². The molecule has 0 bridgehead atoms. The Morgan fingerprint density at radius 2 is 2.06 bits per heavy atom. The number of aromatic nitrogens is 1. The molecule has 0 saturated heterocycles. The molecule has 0 amide bonds. The Balaban J connectivity index is 2.61. The van der Waals surface area contributed by atoms with Crippen molar-refractivity contribution in [3.63, 3.8) is 0 Å². The molecule has 84 valence electrons. The van der Waals surface area contributed by atoms with Gasteiger partial charge in [0.1, 0.15) is 0 Å². The van der Waals surface area contributed by atoms with Gasteiger partial charge >= 0.3 is 0 Å². The number of pyridine rings is 1. The van der Waals surface area contributed by atoms with Gasteiger partial charge in [0.2, 0.25) is 5.43 Å². The third-order valence-corrected chi connectivity index (χ3v) is 3.74. The molecule has 0 unspecified atom stereocenters. The van der Waals surface area contributed by atoms with Gasteiger partial charge in [0.15, 0.2) is 0 Å². The van der Waals surface area contributed by atoms with Crippen LogP contribution in [-0.2, 0) is 7.05 Å². The van der Waals surface area contributed by atoms with Crippen molar-refractivity contribution in [3.05, 3.63) is 40.7 Å². The van der Waals surface area contributed by atoms with Crippen LogP contribution in [0.1, 0.15) is 13.3 Å². The summed E-state index contributed by atoms with van der Waals surface area (Å²) < 4.78 is 2.02. The van der Waals surface area contributed by atoms with E-state index in [1.165, 1.54) is 0 Å². The van der Waals surface area contributed by atoms with E-state index in [9.17, 15) is 4.79 Å². The number of para-hydroxylation sites is 1. The van der Waals surface area contributed by atoms with Gasteiger partial charge in [-0.25, -0.2) is 0 Å². The molecule has 0 saturated carbocycles. The molecule has 2 nitrogen and oxygen atoms in total. The highest BCUT2D eigenvalue weighted by molar-refractivity contribution is 7.99. The van der Waals surface area contributed by atoms with Crippen LogP contribution in [0.5, 0.6) is 0 Å². The first-order valence-electron chi connectivity index (χ1n) is 5.45. The Morgan fingerprint density at radius 1 is 1.31 bits per heavy atom. The van der Waals surface area contributed by atoms with E-state index >= 15 is 0 Å². The van der Waals surface area contributed by atoms with Gasteiger partial charge < -0.3 is 4.57 Å². The molecule has 0 aliphatic carbocycles. The van der Waals surface area contributed by atoms with Gasteiger partial charge in [0, 0.05) is 18.6 Å². The molecule has 0 fully saturated rings. The lowest BCUT2D eigenvalue weighted by atomic mass is 10.2. The fraction of sp³-hybridized carbons (Fsp3) is 0.308. The highest BCUT2D eigenvalue weighted by atomic mass is 32.2. The Bertz CT molecular complexity index is 559. The predicted octanol–water partition coefficient (Wildman–Crippen LogP) is 3.04.